The van der Waals surface area contributed by atoms with Gasteiger partial charge in [-0.3, -0.25) is 4.79 Å². The zero-order chi connectivity index (χ0) is 17.5. The number of anilines is 1. The van der Waals surface area contributed by atoms with Crippen molar-refractivity contribution < 1.29 is 4.79 Å². The van der Waals surface area contributed by atoms with Gasteiger partial charge in [-0.05, 0) is 48.4 Å². The number of carbonyl (C=O) groups excluding carboxylic acids is 1. The lowest BCUT2D eigenvalue weighted by molar-refractivity contribution is 0.0951. The number of rotatable bonds is 7. The molecule has 0 aliphatic rings. The number of nitrogens with zero attached hydrogens (tertiary/aromatic N) is 2. The van der Waals surface area contributed by atoms with E-state index in [9.17, 15) is 4.79 Å². The Hall–Kier alpha value is -3.08. The van der Waals surface area contributed by atoms with E-state index in [1.165, 1.54) is 0 Å². The molecule has 0 aliphatic carbocycles. The Morgan fingerprint density at radius 1 is 1.08 bits per heavy atom. The van der Waals surface area contributed by atoms with Gasteiger partial charge in [0.1, 0.15) is 0 Å². The maximum absolute atomic E-state index is 12.3. The molecule has 1 aromatic heterocycles. The molecule has 0 unspecified atom stereocenters. The fourth-order valence-electron chi connectivity index (χ4n) is 2.49. The van der Waals surface area contributed by atoms with E-state index in [2.05, 4.69) is 22.5 Å². The molecule has 25 heavy (non-hydrogen) atoms. The van der Waals surface area contributed by atoms with Crippen molar-refractivity contribution in [1.82, 2.24) is 14.9 Å². The van der Waals surface area contributed by atoms with Gasteiger partial charge in [-0.15, -0.1) is 0 Å². The summed E-state index contributed by atoms with van der Waals surface area (Å²) in [5.41, 5.74) is 3.80. The van der Waals surface area contributed by atoms with Gasteiger partial charge in [0.2, 0.25) is 0 Å². The highest BCUT2D eigenvalue weighted by Gasteiger charge is 2.06. The molecule has 0 aliphatic heterocycles. The van der Waals surface area contributed by atoms with Gasteiger partial charge >= 0.3 is 0 Å². The summed E-state index contributed by atoms with van der Waals surface area (Å²) in [6.07, 6.45) is 6.42. The Kier molecular flexibility index (Phi) is 5.46. The summed E-state index contributed by atoms with van der Waals surface area (Å²) in [7, 11) is 0. The van der Waals surface area contributed by atoms with E-state index in [1.54, 1.807) is 12.5 Å². The van der Waals surface area contributed by atoms with Crippen molar-refractivity contribution in [2.24, 2.45) is 0 Å². The molecule has 0 radical (unpaired) electrons. The van der Waals surface area contributed by atoms with Gasteiger partial charge in [0.15, 0.2) is 0 Å². The smallest absolute Gasteiger partial charge is 0.251 e. The Morgan fingerprint density at radius 2 is 1.84 bits per heavy atom. The van der Waals surface area contributed by atoms with Crippen molar-refractivity contribution >= 4 is 11.6 Å². The highest BCUT2D eigenvalue weighted by atomic mass is 16.1. The van der Waals surface area contributed by atoms with Gasteiger partial charge in [0, 0.05) is 42.4 Å². The number of carbonyl (C=O) groups is 1. The summed E-state index contributed by atoms with van der Waals surface area (Å²) >= 11 is 0. The first kappa shape index (κ1) is 16.8. The third kappa shape index (κ3) is 4.47. The van der Waals surface area contributed by atoms with Gasteiger partial charge in [0.05, 0.1) is 6.33 Å². The molecule has 0 saturated carbocycles. The predicted molar refractivity (Wildman–Crippen MR) is 100.0 cm³/mol. The second-order valence-corrected chi connectivity index (χ2v) is 5.82. The number of aromatic nitrogens is 2. The number of benzene rings is 2. The molecule has 5 heteroatoms. The maximum atomic E-state index is 12.3. The zero-order valence-electron chi connectivity index (χ0n) is 14.3. The van der Waals surface area contributed by atoms with Crippen LogP contribution in [0.15, 0.2) is 67.3 Å². The van der Waals surface area contributed by atoms with E-state index < -0.39 is 0 Å². The summed E-state index contributed by atoms with van der Waals surface area (Å²) in [5, 5.41) is 6.29. The standard InChI is InChI=1S/C20H22N4O/c1-2-11-22-18-7-3-16(4-8-18)14-23-20(25)17-5-9-19(10-6-17)24-13-12-21-15-24/h3-10,12-13,15,22H,2,11,14H2,1H3,(H,23,25). The van der Waals surface area contributed by atoms with Crippen LogP contribution in [-0.2, 0) is 6.54 Å². The summed E-state index contributed by atoms with van der Waals surface area (Å²) < 4.78 is 1.90. The summed E-state index contributed by atoms with van der Waals surface area (Å²) in [6.45, 7) is 3.61. The van der Waals surface area contributed by atoms with Crippen LogP contribution in [0.2, 0.25) is 0 Å². The fourth-order valence-corrected chi connectivity index (χ4v) is 2.49. The first-order chi connectivity index (χ1) is 12.3. The van der Waals surface area contributed by atoms with Crippen LogP contribution in [0.1, 0.15) is 29.3 Å². The number of amides is 1. The summed E-state index contributed by atoms with van der Waals surface area (Å²) in [6, 6.07) is 15.6. The molecule has 2 aromatic carbocycles. The van der Waals surface area contributed by atoms with Gasteiger partial charge in [-0.1, -0.05) is 19.1 Å². The van der Waals surface area contributed by atoms with E-state index in [4.69, 9.17) is 0 Å². The lowest BCUT2D eigenvalue weighted by atomic mass is 10.1. The zero-order valence-corrected chi connectivity index (χ0v) is 14.3. The van der Waals surface area contributed by atoms with E-state index in [0.29, 0.717) is 12.1 Å². The summed E-state index contributed by atoms with van der Waals surface area (Å²) in [4.78, 5) is 16.3. The third-order valence-corrected chi connectivity index (χ3v) is 3.92. The molecule has 0 fully saturated rings. The van der Waals surface area contributed by atoms with Crippen molar-refractivity contribution in [3.05, 3.63) is 78.4 Å². The SMILES string of the molecule is CCCNc1ccc(CNC(=O)c2ccc(-n3ccnc3)cc2)cc1. The Morgan fingerprint density at radius 3 is 2.48 bits per heavy atom. The van der Waals surface area contributed by atoms with Crippen molar-refractivity contribution in [3.63, 3.8) is 0 Å². The van der Waals surface area contributed by atoms with Crippen LogP contribution in [0, 0.1) is 0 Å². The minimum atomic E-state index is -0.0784. The third-order valence-electron chi connectivity index (χ3n) is 3.92. The van der Waals surface area contributed by atoms with E-state index in [0.717, 1.165) is 29.9 Å². The molecule has 2 N–H and O–H groups in total. The van der Waals surface area contributed by atoms with Crippen LogP contribution in [0.25, 0.3) is 5.69 Å². The molecule has 5 nitrogen and oxygen atoms in total. The Bertz CT molecular complexity index is 793. The quantitative estimate of drug-likeness (QED) is 0.694. The molecular weight excluding hydrogens is 312 g/mol. The maximum Gasteiger partial charge on any atom is 0.251 e. The average Bonchev–Trinajstić information content (AvgIpc) is 3.20. The van der Waals surface area contributed by atoms with Crippen molar-refractivity contribution in [1.29, 1.82) is 0 Å². The van der Waals surface area contributed by atoms with Crippen LogP contribution in [0.3, 0.4) is 0 Å². The topological polar surface area (TPSA) is 58.9 Å². The molecule has 0 atom stereocenters. The number of nitrogens with one attached hydrogen (secondary N) is 2. The van der Waals surface area contributed by atoms with Crippen LogP contribution in [0.5, 0.6) is 0 Å². The van der Waals surface area contributed by atoms with Gasteiger partial charge in [-0.2, -0.15) is 0 Å². The minimum absolute atomic E-state index is 0.0784. The molecule has 1 heterocycles. The predicted octanol–water partition coefficient (Wildman–Crippen LogP) is 3.62. The molecule has 3 rings (SSSR count). The monoisotopic (exact) mass is 334 g/mol. The molecule has 1 amide bonds. The van der Waals surface area contributed by atoms with Crippen molar-refractivity contribution in [2.75, 3.05) is 11.9 Å². The molecule has 3 aromatic rings. The van der Waals surface area contributed by atoms with E-state index >= 15 is 0 Å². The Labute approximate surface area is 147 Å². The normalized spacial score (nSPS) is 10.4. The molecule has 0 spiro atoms. The number of hydrogen-bond donors (Lipinski definition) is 2. The van der Waals surface area contributed by atoms with Gasteiger partial charge in [-0.25, -0.2) is 4.98 Å². The van der Waals surface area contributed by atoms with Gasteiger partial charge in [0.25, 0.3) is 5.91 Å². The van der Waals surface area contributed by atoms with Crippen molar-refractivity contribution in [2.45, 2.75) is 19.9 Å². The first-order valence-electron chi connectivity index (χ1n) is 8.45. The molecule has 0 bridgehead atoms. The van der Waals surface area contributed by atoms with Gasteiger partial charge < -0.3 is 15.2 Å². The summed E-state index contributed by atoms with van der Waals surface area (Å²) in [5.74, 6) is -0.0784. The molecule has 0 saturated heterocycles. The molecule has 128 valence electrons. The fraction of sp³-hybridized carbons (Fsp3) is 0.200. The molecular formula is C20H22N4O. The van der Waals surface area contributed by atoms with Crippen LogP contribution >= 0.6 is 0 Å². The second kappa shape index (κ2) is 8.15. The Balaban J connectivity index is 1.55. The van der Waals surface area contributed by atoms with Crippen LogP contribution in [-0.4, -0.2) is 22.0 Å². The highest BCUT2D eigenvalue weighted by Crippen LogP contribution is 2.11. The number of hydrogen-bond acceptors (Lipinski definition) is 3. The lowest BCUT2D eigenvalue weighted by Crippen LogP contribution is -2.22. The van der Waals surface area contributed by atoms with E-state index in [-0.39, 0.29) is 5.91 Å². The minimum Gasteiger partial charge on any atom is -0.385 e. The highest BCUT2D eigenvalue weighted by molar-refractivity contribution is 5.94. The largest absolute Gasteiger partial charge is 0.385 e. The van der Waals surface area contributed by atoms with Crippen LogP contribution in [0.4, 0.5) is 5.69 Å². The van der Waals surface area contributed by atoms with Crippen LogP contribution < -0.4 is 10.6 Å². The number of imidazole rings is 1. The van der Waals surface area contributed by atoms with Crippen molar-refractivity contribution in [3.8, 4) is 5.69 Å². The first-order valence-corrected chi connectivity index (χ1v) is 8.45. The average molecular weight is 334 g/mol. The van der Waals surface area contributed by atoms with E-state index in [1.807, 2.05) is 59.3 Å². The second-order valence-electron chi connectivity index (χ2n) is 5.82. The lowest BCUT2D eigenvalue weighted by Gasteiger charge is -2.08.